The standard InChI is InChI=1S/C15H19N5O3S/c1-2-19-10-12(9-17-19)14-11-24(22,23)8-7-20(14)15(21)18-13-3-5-16-6-4-13/h3-6,9-10,14H,2,7-8,11H2,1H3,(H,16,18,21)/t14-/m0/s1. The van der Waals surface area contributed by atoms with E-state index in [1.165, 1.54) is 0 Å². The van der Waals surface area contributed by atoms with Crippen LogP contribution in [0.25, 0.3) is 0 Å². The van der Waals surface area contributed by atoms with Crippen molar-refractivity contribution < 1.29 is 13.2 Å². The molecule has 0 radical (unpaired) electrons. The van der Waals surface area contributed by atoms with Crippen LogP contribution in [0.4, 0.5) is 10.5 Å². The average Bonchev–Trinajstić information content (AvgIpc) is 3.04. The molecule has 0 saturated carbocycles. The molecule has 2 amide bonds. The van der Waals surface area contributed by atoms with Crippen molar-refractivity contribution >= 4 is 21.6 Å². The van der Waals surface area contributed by atoms with Gasteiger partial charge in [0.25, 0.3) is 0 Å². The zero-order chi connectivity index (χ0) is 17.2. The van der Waals surface area contributed by atoms with Crippen LogP contribution >= 0.6 is 0 Å². The summed E-state index contributed by atoms with van der Waals surface area (Å²) in [6, 6.07) is 2.50. The van der Waals surface area contributed by atoms with Crippen LogP contribution in [0.3, 0.4) is 0 Å². The second kappa shape index (κ2) is 6.60. The summed E-state index contributed by atoms with van der Waals surface area (Å²) in [5.41, 5.74) is 1.34. The van der Waals surface area contributed by atoms with Gasteiger partial charge < -0.3 is 10.2 Å². The predicted molar refractivity (Wildman–Crippen MR) is 89.3 cm³/mol. The number of carbonyl (C=O) groups excluding carboxylic acids is 1. The molecular formula is C15H19N5O3S. The van der Waals surface area contributed by atoms with E-state index in [1.807, 2.05) is 6.92 Å². The largest absolute Gasteiger partial charge is 0.322 e. The van der Waals surface area contributed by atoms with Crippen LogP contribution in [0.1, 0.15) is 18.5 Å². The third-order valence-corrected chi connectivity index (χ3v) is 5.61. The Morgan fingerprint density at radius 2 is 2.12 bits per heavy atom. The number of sulfone groups is 1. The quantitative estimate of drug-likeness (QED) is 0.901. The Morgan fingerprint density at radius 3 is 2.79 bits per heavy atom. The molecule has 9 heteroatoms. The number of hydrogen-bond acceptors (Lipinski definition) is 5. The monoisotopic (exact) mass is 349 g/mol. The predicted octanol–water partition coefficient (Wildman–Crippen LogP) is 1.30. The summed E-state index contributed by atoms with van der Waals surface area (Å²) in [4.78, 5) is 18.1. The molecule has 0 unspecified atom stereocenters. The number of nitrogens with zero attached hydrogens (tertiary/aromatic N) is 4. The van der Waals surface area contributed by atoms with Crippen molar-refractivity contribution in [2.24, 2.45) is 0 Å². The van der Waals surface area contributed by atoms with Crippen molar-refractivity contribution in [2.45, 2.75) is 19.5 Å². The second-order valence-corrected chi connectivity index (χ2v) is 7.85. The van der Waals surface area contributed by atoms with Crippen molar-refractivity contribution in [3.63, 3.8) is 0 Å². The second-order valence-electron chi connectivity index (χ2n) is 5.62. The number of urea groups is 1. The fraction of sp³-hybridized carbons (Fsp3) is 0.400. The molecule has 24 heavy (non-hydrogen) atoms. The van der Waals surface area contributed by atoms with Gasteiger partial charge in [0, 0.05) is 42.9 Å². The van der Waals surface area contributed by atoms with Gasteiger partial charge in [0.2, 0.25) is 0 Å². The summed E-state index contributed by atoms with van der Waals surface area (Å²) in [7, 11) is -3.19. The smallest absolute Gasteiger partial charge is 0.315 e. The van der Waals surface area contributed by atoms with Crippen LogP contribution in [0, 0.1) is 0 Å². The van der Waals surface area contributed by atoms with Crippen molar-refractivity contribution in [2.75, 3.05) is 23.4 Å². The number of hydrogen-bond donors (Lipinski definition) is 1. The van der Waals surface area contributed by atoms with Crippen LogP contribution < -0.4 is 5.32 Å². The fourth-order valence-corrected chi connectivity index (χ4v) is 4.18. The van der Waals surface area contributed by atoms with Gasteiger partial charge in [0.05, 0.1) is 23.7 Å². The third kappa shape index (κ3) is 3.56. The van der Waals surface area contributed by atoms with Gasteiger partial charge in [0.1, 0.15) is 0 Å². The molecule has 8 nitrogen and oxygen atoms in total. The Labute approximate surface area is 140 Å². The highest BCUT2D eigenvalue weighted by molar-refractivity contribution is 7.91. The molecule has 1 N–H and O–H groups in total. The highest BCUT2D eigenvalue weighted by Crippen LogP contribution is 2.27. The fourth-order valence-electron chi connectivity index (χ4n) is 2.68. The van der Waals surface area contributed by atoms with E-state index in [9.17, 15) is 13.2 Å². The summed E-state index contributed by atoms with van der Waals surface area (Å²) in [6.07, 6.45) is 6.58. The minimum Gasteiger partial charge on any atom is -0.315 e. The molecule has 3 rings (SSSR count). The first-order valence-corrected chi connectivity index (χ1v) is 9.51. The zero-order valence-electron chi connectivity index (χ0n) is 13.3. The Hall–Kier alpha value is -2.42. The lowest BCUT2D eigenvalue weighted by atomic mass is 10.1. The number of aryl methyl sites for hydroxylation is 1. The topological polar surface area (TPSA) is 97.2 Å². The highest BCUT2D eigenvalue weighted by atomic mass is 32.2. The summed E-state index contributed by atoms with van der Waals surface area (Å²) < 4.78 is 25.8. The van der Waals surface area contributed by atoms with E-state index in [-0.39, 0.29) is 24.1 Å². The molecule has 0 spiro atoms. The number of anilines is 1. The van der Waals surface area contributed by atoms with Gasteiger partial charge in [-0.3, -0.25) is 9.67 Å². The highest BCUT2D eigenvalue weighted by Gasteiger charge is 2.35. The normalized spacial score (nSPS) is 19.9. The third-order valence-electron chi connectivity index (χ3n) is 3.99. The van der Waals surface area contributed by atoms with Crippen molar-refractivity contribution in [1.29, 1.82) is 0 Å². The first kappa shape index (κ1) is 16.4. The van der Waals surface area contributed by atoms with Gasteiger partial charge in [-0.25, -0.2) is 13.2 Å². The van der Waals surface area contributed by atoms with Gasteiger partial charge >= 0.3 is 6.03 Å². The van der Waals surface area contributed by atoms with E-state index >= 15 is 0 Å². The van der Waals surface area contributed by atoms with E-state index < -0.39 is 15.9 Å². The van der Waals surface area contributed by atoms with Crippen molar-refractivity contribution in [3.8, 4) is 0 Å². The van der Waals surface area contributed by atoms with Gasteiger partial charge in [0.15, 0.2) is 9.84 Å². The summed E-state index contributed by atoms with van der Waals surface area (Å²) >= 11 is 0. The first-order chi connectivity index (χ1) is 11.5. The molecule has 2 aromatic rings. The molecule has 1 atom stereocenters. The Morgan fingerprint density at radius 1 is 1.38 bits per heavy atom. The van der Waals surface area contributed by atoms with E-state index in [1.54, 1.807) is 46.5 Å². The molecule has 0 bridgehead atoms. The average molecular weight is 349 g/mol. The van der Waals surface area contributed by atoms with E-state index in [2.05, 4.69) is 15.4 Å². The number of carbonyl (C=O) groups is 1. The lowest BCUT2D eigenvalue weighted by Gasteiger charge is -2.34. The van der Waals surface area contributed by atoms with E-state index in [4.69, 9.17) is 0 Å². The molecule has 0 aromatic carbocycles. The van der Waals surface area contributed by atoms with Gasteiger partial charge in [-0.05, 0) is 19.1 Å². The van der Waals surface area contributed by atoms with E-state index in [0.29, 0.717) is 12.2 Å². The molecule has 1 saturated heterocycles. The SMILES string of the molecule is CCn1cc([C@@H]2CS(=O)(=O)CCN2C(=O)Nc2ccncc2)cn1. The number of aromatic nitrogens is 3. The lowest BCUT2D eigenvalue weighted by Crippen LogP contribution is -2.47. The van der Waals surface area contributed by atoms with Crippen LogP contribution in [0.15, 0.2) is 36.9 Å². The van der Waals surface area contributed by atoms with Gasteiger partial charge in [-0.2, -0.15) is 5.10 Å². The maximum absolute atomic E-state index is 12.6. The van der Waals surface area contributed by atoms with Crippen LogP contribution in [-0.4, -0.2) is 52.2 Å². The van der Waals surface area contributed by atoms with Crippen LogP contribution in [-0.2, 0) is 16.4 Å². The first-order valence-electron chi connectivity index (χ1n) is 7.69. The van der Waals surface area contributed by atoms with Gasteiger partial charge in [-0.1, -0.05) is 0 Å². The Kier molecular flexibility index (Phi) is 4.52. The summed E-state index contributed by atoms with van der Waals surface area (Å²) in [6.45, 7) is 2.78. The molecule has 2 aromatic heterocycles. The molecule has 3 heterocycles. The molecule has 0 aliphatic carbocycles. The number of nitrogens with one attached hydrogen (secondary N) is 1. The maximum atomic E-state index is 12.6. The van der Waals surface area contributed by atoms with Crippen molar-refractivity contribution in [1.82, 2.24) is 19.7 Å². The minimum atomic E-state index is -3.19. The molecular weight excluding hydrogens is 330 g/mol. The van der Waals surface area contributed by atoms with Crippen LogP contribution in [0.2, 0.25) is 0 Å². The summed E-state index contributed by atoms with van der Waals surface area (Å²) in [5.74, 6) is -0.124. The Bertz CT molecular complexity index is 819. The zero-order valence-corrected chi connectivity index (χ0v) is 14.1. The maximum Gasteiger partial charge on any atom is 0.322 e. The van der Waals surface area contributed by atoms with Gasteiger partial charge in [-0.15, -0.1) is 0 Å². The molecule has 1 fully saturated rings. The number of pyridine rings is 1. The molecule has 1 aliphatic rings. The van der Waals surface area contributed by atoms with Crippen LogP contribution in [0.5, 0.6) is 0 Å². The molecule has 128 valence electrons. The number of amides is 2. The Balaban J connectivity index is 1.84. The summed E-state index contributed by atoms with van der Waals surface area (Å²) in [5, 5.41) is 6.98. The minimum absolute atomic E-state index is 0.0326. The van der Waals surface area contributed by atoms with E-state index in [0.717, 1.165) is 5.56 Å². The lowest BCUT2D eigenvalue weighted by molar-refractivity contribution is 0.195. The number of rotatable bonds is 3. The molecule has 1 aliphatic heterocycles. The van der Waals surface area contributed by atoms with Crippen molar-refractivity contribution in [3.05, 3.63) is 42.5 Å².